The first-order valence-electron chi connectivity index (χ1n) is 8.07. The van der Waals surface area contributed by atoms with E-state index in [0.29, 0.717) is 11.3 Å². The molecule has 0 aliphatic heterocycles. The van der Waals surface area contributed by atoms with Gasteiger partial charge >= 0.3 is 0 Å². The molecule has 0 atom stereocenters. The van der Waals surface area contributed by atoms with Crippen LogP contribution in [-0.4, -0.2) is 25.1 Å². The Bertz CT molecular complexity index is 1140. The number of pyridine rings is 3. The molecule has 0 spiro atoms. The van der Waals surface area contributed by atoms with Crippen molar-refractivity contribution in [2.75, 3.05) is 0 Å². The smallest absolute Gasteiger partial charge is 0.266 e. The highest BCUT2D eigenvalue weighted by Crippen LogP contribution is 2.29. The van der Waals surface area contributed by atoms with Crippen molar-refractivity contribution >= 4 is 0 Å². The number of aryl methyl sites for hydroxylation is 2. The minimum atomic E-state index is -0.564. The molecule has 0 fully saturated rings. The van der Waals surface area contributed by atoms with Gasteiger partial charge in [-0.2, -0.15) is 0 Å². The van der Waals surface area contributed by atoms with E-state index < -0.39 is 11.6 Å². The summed E-state index contributed by atoms with van der Waals surface area (Å²) in [7, 11) is 0. The Balaban J connectivity index is 1.79. The molecule has 0 N–H and O–H groups in total. The van der Waals surface area contributed by atoms with E-state index in [-0.39, 0.29) is 28.7 Å². The van der Waals surface area contributed by atoms with E-state index >= 15 is 0 Å². The second-order valence-electron chi connectivity index (χ2n) is 5.92. The zero-order valence-electron chi connectivity index (χ0n) is 14.4. The monoisotopic (exact) mass is 365 g/mol. The Kier molecular flexibility index (Phi) is 4.15. The Morgan fingerprint density at radius 3 is 2.41 bits per heavy atom. The molecule has 0 bridgehead atoms. The molecule has 0 radical (unpaired) electrons. The zero-order chi connectivity index (χ0) is 19.0. The molecular weight excluding hydrogens is 352 g/mol. The summed E-state index contributed by atoms with van der Waals surface area (Å²) < 4.78 is 33.7. The van der Waals surface area contributed by atoms with E-state index in [1.807, 2.05) is 19.1 Å². The maximum atomic E-state index is 14.5. The molecule has 0 aliphatic carbocycles. The van der Waals surface area contributed by atoms with Gasteiger partial charge in [-0.15, -0.1) is 10.2 Å². The van der Waals surface area contributed by atoms with Crippen molar-refractivity contribution in [3.05, 3.63) is 65.7 Å². The van der Waals surface area contributed by atoms with Crippen LogP contribution in [0.1, 0.15) is 11.4 Å². The average Bonchev–Trinajstić information content (AvgIpc) is 3.14. The van der Waals surface area contributed by atoms with Crippen molar-refractivity contribution in [3.63, 3.8) is 0 Å². The van der Waals surface area contributed by atoms with Gasteiger partial charge in [0.05, 0.1) is 11.9 Å². The predicted octanol–water partition coefficient (Wildman–Crippen LogP) is 4.15. The number of aromatic nitrogens is 5. The molecule has 0 aliphatic rings. The molecular formula is C19H13F2N5O. The van der Waals surface area contributed by atoms with Crippen LogP contribution in [0.5, 0.6) is 0 Å². The molecule has 134 valence electrons. The van der Waals surface area contributed by atoms with Crippen LogP contribution in [0, 0.1) is 25.5 Å². The van der Waals surface area contributed by atoms with Crippen LogP contribution in [-0.2, 0) is 0 Å². The number of hydrogen-bond acceptors (Lipinski definition) is 6. The molecule has 4 heterocycles. The van der Waals surface area contributed by atoms with Crippen molar-refractivity contribution in [2.45, 2.75) is 13.8 Å². The highest BCUT2D eigenvalue weighted by molar-refractivity contribution is 5.68. The number of halogens is 2. The standard InChI is InChI=1S/C19H13F2N5O/c1-10-4-3-5-15(23-10)18-25-26-19(27-18)16-7-14(17(21)11(2)24-16)12-6-13(20)9-22-8-12/h3-9H,1-2H3. The van der Waals surface area contributed by atoms with Gasteiger partial charge < -0.3 is 4.42 Å². The molecule has 4 aromatic heterocycles. The number of nitrogens with zero attached hydrogens (tertiary/aromatic N) is 5. The van der Waals surface area contributed by atoms with Crippen LogP contribution < -0.4 is 0 Å². The Morgan fingerprint density at radius 2 is 1.67 bits per heavy atom. The van der Waals surface area contributed by atoms with E-state index in [1.165, 1.54) is 25.3 Å². The lowest BCUT2D eigenvalue weighted by Crippen LogP contribution is -1.97. The SMILES string of the molecule is Cc1cccc(-c2nnc(-c3cc(-c4cncc(F)c4)c(F)c(C)n3)o2)n1. The summed E-state index contributed by atoms with van der Waals surface area (Å²) in [5.41, 5.74) is 2.18. The quantitative estimate of drug-likeness (QED) is 0.543. The molecule has 4 aromatic rings. The van der Waals surface area contributed by atoms with Gasteiger partial charge in [0.1, 0.15) is 17.2 Å². The third kappa shape index (κ3) is 3.29. The van der Waals surface area contributed by atoms with Gasteiger partial charge in [0.2, 0.25) is 0 Å². The van der Waals surface area contributed by atoms with Crippen molar-refractivity contribution in [3.8, 4) is 34.3 Å². The van der Waals surface area contributed by atoms with Crippen LogP contribution in [0.25, 0.3) is 34.3 Å². The van der Waals surface area contributed by atoms with Crippen LogP contribution in [0.2, 0.25) is 0 Å². The molecule has 0 saturated heterocycles. The number of rotatable bonds is 3. The van der Waals surface area contributed by atoms with Crippen molar-refractivity contribution in [2.24, 2.45) is 0 Å². The fourth-order valence-electron chi connectivity index (χ4n) is 2.63. The maximum absolute atomic E-state index is 14.5. The molecule has 0 saturated carbocycles. The molecule has 6 nitrogen and oxygen atoms in total. The van der Waals surface area contributed by atoms with Crippen LogP contribution >= 0.6 is 0 Å². The van der Waals surface area contributed by atoms with Gasteiger partial charge in [-0.25, -0.2) is 18.7 Å². The summed E-state index contributed by atoms with van der Waals surface area (Å²) in [6.07, 6.45) is 2.43. The minimum absolute atomic E-state index is 0.113. The zero-order valence-corrected chi connectivity index (χ0v) is 14.4. The fourth-order valence-corrected chi connectivity index (χ4v) is 2.63. The molecule has 27 heavy (non-hydrogen) atoms. The first-order valence-corrected chi connectivity index (χ1v) is 8.07. The van der Waals surface area contributed by atoms with Crippen molar-refractivity contribution < 1.29 is 13.2 Å². The topological polar surface area (TPSA) is 77.6 Å². The van der Waals surface area contributed by atoms with Gasteiger partial charge in [0, 0.05) is 23.0 Å². The molecule has 0 unspecified atom stereocenters. The van der Waals surface area contributed by atoms with Crippen molar-refractivity contribution in [1.29, 1.82) is 0 Å². The van der Waals surface area contributed by atoms with Gasteiger partial charge in [-0.3, -0.25) is 4.98 Å². The van der Waals surface area contributed by atoms with Gasteiger partial charge in [-0.1, -0.05) is 6.07 Å². The van der Waals surface area contributed by atoms with E-state index in [4.69, 9.17) is 4.42 Å². The van der Waals surface area contributed by atoms with Gasteiger partial charge in [0.25, 0.3) is 11.8 Å². The highest BCUT2D eigenvalue weighted by atomic mass is 19.1. The van der Waals surface area contributed by atoms with Crippen LogP contribution in [0.4, 0.5) is 8.78 Å². The third-order valence-electron chi connectivity index (χ3n) is 3.89. The Morgan fingerprint density at radius 1 is 0.889 bits per heavy atom. The predicted molar refractivity (Wildman–Crippen MR) is 93.4 cm³/mol. The lowest BCUT2D eigenvalue weighted by atomic mass is 10.1. The van der Waals surface area contributed by atoms with Gasteiger partial charge in [0.15, 0.2) is 5.82 Å². The van der Waals surface area contributed by atoms with E-state index in [2.05, 4.69) is 25.1 Å². The second-order valence-corrected chi connectivity index (χ2v) is 5.92. The van der Waals surface area contributed by atoms with E-state index in [0.717, 1.165) is 11.9 Å². The summed E-state index contributed by atoms with van der Waals surface area (Å²) in [5.74, 6) is -0.784. The Hall–Kier alpha value is -3.55. The minimum Gasteiger partial charge on any atom is -0.413 e. The lowest BCUT2D eigenvalue weighted by Gasteiger charge is -2.07. The summed E-state index contributed by atoms with van der Waals surface area (Å²) in [4.78, 5) is 12.3. The lowest BCUT2D eigenvalue weighted by molar-refractivity contribution is 0.576. The highest BCUT2D eigenvalue weighted by Gasteiger charge is 2.18. The molecule has 8 heteroatoms. The third-order valence-corrected chi connectivity index (χ3v) is 3.89. The van der Waals surface area contributed by atoms with Crippen LogP contribution in [0.3, 0.4) is 0 Å². The van der Waals surface area contributed by atoms with Crippen molar-refractivity contribution in [1.82, 2.24) is 25.1 Å². The summed E-state index contributed by atoms with van der Waals surface area (Å²) in [5, 5.41) is 7.97. The first-order chi connectivity index (χ1) is 13.0. The Labute approximate surface area is 153 Å². The largest absolute Gasteiger partial charge is 0.413 e. The summed E-state index contributed by atoms with van der Waals surface area (Å²) in [6.45, 7) is 3.36. The second kappa shape index (κ2) is 6.64. The first kappa shape index (κ1) is 16.9. The van der Waals surface area contributed by atoms with E-state index in [1.54, 1.807) is 6.07 Å². The van der Waals surface area contributed by atoms with Gasteiger partial charge in [-0.05, 0) is 38.1 Å². The summed E-state index contributed by atoms with van der Waals surface area (Å²) >= 11 is 0. The molecule has 0 amide bonds. The number of hydrogen-bond donors (Lipinski definition) is 0. The van der Waals surface area contributed by atoms with Crippen LogP contribution in [0.15, 0.2) is 47.1 Å². The molecule has 0 aromatic carbocycles. The molecule has 4 rings (SSSR count). The normalized spacial score (nSPS) is 11.0. The maximum Gasteiger partial charge on any atom is 0.266 e. The fraction of sp³-hybridized carbons (Fsp3) is 0.105. The average molecular weight is 365 g/mol. The summed E-state index contributed by atoms with van der Waals surface area (Å²) in [6, 6.07) is 8.06. The van der Waals surface area contributed by atoms with E-state index in [9.17, 15) is 8.78 Å².